The molecular weight excluding hydrogens is 696 g/mol. The van der Waals surface area contributed by atoms with Gasteiger partial charge in [0.15, 0.2) is 0 Å². The SMILES string of the molecule is C=CCCC(=O)N[C@@H](C)[C@H](OC(=O)[C@@H]1[C@H]2O[C@@]3(CC2Br)[C@H](C(=O)N(CC=C)CCN2CCOCC2)N([C@H](C)CO)C(=O)[C@@H]13)c1ccccc1. The molecule has 49 heavy (non-hydrogen) atoms. The predicted molar refractivity (Wildman–Crippen MR) is 185 cm³/mol. The van der Waals surface area contributed by atoms with Gasteiger partial charge in [0.25, 0.3) is 0 Å². The summed E-state index contributed by atoms with van der Waals surface area (Å²) >= 11 is 3.72. The molecule has 4 saturated heterocycles. The van der Waals surface area contributed by atoms with Crippen molar-refractivity contribution in [2.24, 2.45) is 11.8 Å². The Balaban J connectivity index is 1.44. The number of nitrogens with zero attached hydrogens (tertiary/aromatic N) is 3. The van der Waals surface area contributed by atoms with Crippen LogP contribution in [-0.4, -0.2) is 131 Å². The van der Waals surface area contributed by atoms with Crippen LogP contribution in [0.5, 0.6) is 0 Å². The van der Waals surface area contributed by atoms with Crippen molar-refractivity contribution in [1.82, 2.24) is 20.0 Å². The summed E-state index contributed by atoms with van der Waals surface area (Å²) in [4.78, 5) is 61.1. The van der Waals surface area contributed by atoms with Crippen molar-refractivity contribution < 1.29 is 38.5 Å². The zero-order valence-corrected chi connectivity index (χ0v) is 30.0. The van der Waals surface area contributed by atoms with Crippen LogP contribution in [0.2, 0.25) is 0 Å². The number of alkyl halides is 1. The molecule has 4 aliphatic heterocycles. The molecule has 2 bridgehead atoms. The van der Waals surface area contributed by atoms with Crippen molar-refractivity contribution in [3.63, 3.8) is 0 Å². The number of rotatable bonds is 16. The maximum Gasteiger partial charge on any atom is 0.313 e. The Morgan fingerprint density at radius 2 is 1.90 bits per heavy atom. The summed E-state index contributed by atoms with van der Waals surface area (Å²) in [5.41, 5.74) is -0.631. The largest absolute Gasteiger partial charge is 0.455 e. The maximum atomic E-state index is 14.6. The number of halogens is 1. The quantitative estimate of drug-likeness (QED) is 0.148. The molecule has 12 nitrogen and oxygen atoms in total. The van der Waals surface area contributed by atoms with E-state index in [-0.39, 0.29) is 36.2 Å². The summed E-state index contributed by atoms with van der Waals surface area (Å²) in [6.45, 7) is 14.7. The van der Waals surface area contributed by atoms with Gasteiger partial charge in [-0.05, 0) is 32.3 Å². The number of benzene rings is 1. The normalized spacial score (nSPS) is 29.5. The van der Waals surface area contributed by atoms with E-state index in [0.29, 0.717) is 44.7 Å². The van der Waals surface area contributed by atoms with Crippen LogP contribution >= 0.6 is 15.9 Å². The number of esters is 1. The number of carbonyl (C=O) groups excluding carboxylic acids is 4. The topological polar surface area (TPSA) is 138 Å². The summed E-state index contributed by atoms with van der Waals surface area (Å²) in [5, 5.41) is 13.2. The molecule has 2 N–H and O–H groups in total. The van der Waals surface area contributed by atoms with Gasteiger partial charge in [0.2, 0.25) is 17.7 Å². The Kier molecular flexibility index (Phi) is 12.3. The van der Waals surface area contributed by atoms with Crippen LogP contribution in [0.4, 0.5) is 0 Å². The van der Waals surface area contributed by atoms with Crippen LogP contribution in [0, 0.1) is 11.8 Å². The van der Waals surface area contributed by atoms with Gasteiger partial charge >= 0.3 is 5.97 Å². The highest BCUT2D eigenvalue weighted by Crippen LogP contribution is 2.61. The van der Waals surface area contributed by atoms with E-state index in [1.54, 1.807) is 30.9 Å². The fourth-order valence-electron chi connectivity index (χ4n) is 7.83. The molecule has 5 rings (SSSR count). The molecule has 13 heteroatoms. The minimum atomic E-state index is -1.31. The van der Waals surface area contributed by atoms with Crippen molar-refractivity contribution in [1.29, 1.82) is 0 Å². The van der Waals surface area contributed by atoms with Crippen molar-refractivity contribution in [3.8, 4) is 0 Å². The highest BCUT2D eigenvalue weighted by molar-refractivity contribution is 9.09. The molecule has 1 unspecified atom stereocenters. The molecule has 4 fully saturated rings. The zero-order chi connectivity index (χ0) is 35.3. The van der Waals surface area contributed by atoms with Gasteiger partial charge in [-0.15, -0.1) is 13.2 Å². The number of aliphatic hydroxyl groups excluding tert-OH is 1. The molecule has 0 aliphatic carbocycles. The summed E-state index contributed by atoms with van der Waals surface area (Å²) in [6, 6.07) is 6.78. The van der Waals surface area contributed by atoms with Gasteiger partial charge in [-0.3, -0.25) is 24.1 Å². The number of amides is 3. The highest BCUT2D eigenvalue weighted by Gasteiger charge is 2.77. The summed E-state index contributed by atoms with van der Waals surface area (Å²) < 4.78 is 18.4. The van der Waals surface area contributed by atoms with Gasteiger partial charge in [-0.1, -0.05) is 58.4 Å². The lowest BCUT2D eigenvalue weighted by molar-refractivity contribution is -0.162. The van der Waals surface area contributed by atoms with Gasteiger partial charge in [-0.25, -0.2) is 0 Å². The van der Waals surface area contributed by atoms with Gasteiger partial charge in [0, 0.05) is 44.0 Å². The zero-order valence-electron chi connectivity index (χ0n) is 28.4. The number of allylic oxidation sites excluding steroid dienone is 1. The molecule has 0 radical (unpaired) electrons. The van der Waals surface area contributed by atoms with Crippen molar-refractivity contribution in [2.45, 2.75) is 73.9 Å². The van der Waals surface area contributed by atoms with E-state index in [1.165, 1.54) is 4.90 Å². The second-order valence-electron chi connectivity index (χ2n) is 13.4. The van der Waals surface area contributed by atoms with Crippen LogP contribution < -0.4 is 5.32 Å². The lowest BCUT2D eigenvalue weighted by Crippen LogP contribution is -2.59. The first-order valence-corrected chi connectivity index (χ1v) is 18.1. The van der Waals surface area contributed by atoms with E-state index >= 15 is 0 Å². The third-order valence-corrected chi connectivity index (χ3v) is 11.1. The summed E-state index contributed by atoms with van der Waals surface area (Å²) in [6.07, 6.45) is 2.83. The minimum absolute atomic E-state index is 0.203. The highest BCUT2D eigenvalue weighted by atomic mass is 79.9. The average molecular weight is 746 g/mol. The van der Waals surface area contributed by atoms with Gasteiger partial charge in [0.1, 0.15) is 17.7 Å². The molecule has 0 saturated carbocycles. The standard InChI is InChI=1S/C36H49BrN4O8/c1-5-7-13-27(43)38-24(4)30(25-11-9-8-10-12-25)48-35(46)28-29-33(44)41(23(3)22-42)32(36(29)21-26(37)31(28)49-36)34(45)40(14-6-2)16-15-39-17-19-47-20-18-39/h5-6,8-12,23-24,26,28-32,42H,1-2,7,13-22H2,3-4H3,(H,38,43)/t23-,24+,26?,28+,29-,30+,31+,32+,36-/m1/s1. The van der Waals surface area contributed by atoms with E-state index < -0.39 is 59.6 Å². The molecule has 4 heterocycles. The fourth-order valence-corrected chi connectivity index (χ4v) is 8.77. The van der Waals surface area contributed by atoms with Gasteiger partial charge in [0.05, 0.1) is 49.8 Å². The molecular formula is C36H49BrN4O8. The lowest BCUT2D eigenvalue weighted by atomic mass is 9.70. The molecule has 4 aliphatic rings. The second kappa shape index (κ2) is 16.3. The van der Waals surface area contributed by atoms with E-state index in [4.69, 9.17) is 14.2 Å². The van der Waals surface area contributed by atoms with Crippen LogP contribution in [0.1, 0.15) is 44.8 Å². The smallest absolute Gasteiger partial charge is 0.313 e. The Morgan fingerprint density at radius 1 is 1.18 bits per heavy atom. The number of aliphatic hydroxyl groups is 1. The molecule has 1 aromatic carbocycles. The second-order valence-corrected chi connectivity index (χ2v) is 14.6. The number of morpholine rings is 1. The number of hydrogen-bond acceptors (Lipinski definition) is 9. The van der Waals surface area contributed by atoms with Crippen LogP contribution in [0.3, 0.4) is 0 Å². The monoisotopic (exact) mass is 744 g/mol. The predicted octanol–water partition coefficient (Wildman–Crippen LogP) is 2.22. The summed E-state index contributed by atoms with van der Waals surface area (Å²) in [7, 11) is 0. The van der Waals surface area contributed by atoms with Crippen molar-refractivity contribution in [2.75, 3.05) is 52.5 Å². The van der Waals surface area contributed by atoms with E-state index in [2.05, 4.69) is 39.3 Å². The molecule has 9 atom stereocenters. The van der Waals surface area contributed by atoms with Crippen molar-refractivity contribution in [3.05, 3.63) is 61.2 Å². The number of nitrogens with one attached hydrogen (secondary N) is 1. The summed E-state index contributed by atoms with van der Waals surface area (Å²) in [5.74, 6) is -3.59. The lowest BCUT2D eigenvalue weighted by Gasteiger charge is -2.39. The first-order chi connectivity index (χ1) is 23.6. The number of hydrogen-bond donors (Lipinski definition) is 2. The first kappa shape index (κ1) is 37.2. The molecule has 1 spiro atoms. The van der Waals surface area contributed by atoms with Gasteiger partial charge < -0.3 is 34.4 Å². The third kappa shape index (κ3) is 7.51. The first-order valence-electron chi connectivity index (χ1n) is 17.2. The fraction of sp³-hybridized carbons (Fsp3) is 0.611. The Morgan fingerprint density at radius 3 is 2.55 bits per heavy atom. The van der Waals surface area contributed by atoms with Crippen LogP contribution in [0.15, 0.2) is 55.6 Å². The Hall–Kier alpha value is -3.10. The van der Waals surface area contributed by atoms with Gasteiger partial charge in [-0.2, -0.15) is 0 Å². The van der Waals surface area contributed by atoms with E-state index in [0.717, 1.165) is 13.1 Å². The molecule has 3 amide bonds. The van der Waals surface area contributed by atoms with Crippen molar-refractivity contribution >= 4 is 39.6 Å². The third-order valence-electron chi connectivity index (χ3n) is 10.2. The number of ether oxygens (including phenoxy) is 3. The number of likely N-dealkylation sites (tertiary alicyclic amines) is 1. The van der Waals surface area contributed by atoms with E-state index in [1.807, 2.05) is 30.3 Å². The van der Waals surface area contributed by atoms with Crippen LogP contribution in [-0.2, 0) is 33.4 Å². The molecule has 0 aromatic heterocycles. The maximum absolute atomic E-state index is 14.6. The van der Waals surface area contributed by atoms with Crippen LogP contribution in [0.25, 0.3) is 0 Å². The average Bonchev–Trinajstić information content (AvgIpc) is 3.71. The minimum Gasteiger partial charge on any atom is -0.455 e. The molecule has 268 valence electrons. The Labute approximate surface area is 296 Å². The van der Waals surface area contributed by atoms with E-state index in [9.17, 15) is 24.3 Å². The number of carbonyl (C=O) groups is 4. The Bertz CT molecular complexity index is 1380. The number of fused-ring (bicyclic) bond motifs is 1. The molecule has 1 aromatic rings.